The predicted octanol–water partition coefficient (Wildman–Crippen LogP) is 6.82. The van der Waals surface area contributed by atoms with Gasteiger partial charge in [-0.3, -0.25) is 0 Å². The van der Waals surface area contributed by atoms with E-state index in [-0.39, 0.29) is 17.5 Å². The van der Waals surface area contributed by atoms with E-state index in [0.29, 0.717) is 19.3 Å². The first-order valence-electron chi connectivity index (χ1n) is 10.2. The largest absolute Gasteiger partial charge is 0.207 e. The molecule has 3 heteroatoms. The van der Waals surface area contributed by atoms with E-state index >= 15 is 0 Å². The minimum absolute atomic E-state index is 0.234. The molecule has 0 aromatic heterocycles. The lowest BCUT2D eigenvalue weighted by Gasteiger charge is -2.17. The van der Waals surface area contributed by atoms with Crippen LogP contribution in [0.4, 0.5) is 13.2 Å². The van der Waals surface area contributed by atoms with Crippen LogP contribution in [0.2, 0.25) is 0 Å². The van der Waals surface area contributed by atoms with Crippen LogP contribution in [-0.2, 0) is 19.3 Å². The van der Waals surface area contributed by atoms with Crippen LogP contribution >= 0.6 is 0 Å². The second-order valence-electron chi connectivity index (χ2n) is 8.50. The van der Waals surface area contributed by atoms with Crippen molar-refractivity contribution in [3.63, 3.8) is 0 Å². The van der Waals surface area contributed by atoms with Crippen molar-refractivity contribution in [2.75, 3.05) is 0 Å². The van der Waals surface area contributed by atoms with E-state index in [4.69, 9.17) is 0 Å². The van der Waals surface area contributed by atoms with Crippen molar-refractivity contribution in [3.8, 4) is 33.4 Å². The molecule has 3 aliphatic carbocycles. The highest BCUT2D eigenvalue weighted by Crippen LogP contribution is 2.56. The van der Waals surface area contributed by atoms with Gasteiger partial charge in [-0.25, -0.2) is 13.2 Å². The summed E-state index contributed by atoms with van der Waals surface area (Å²) in [6.07, 6.45) is 2.00. The Balaban J connectivity index is 1.61. The van der Waals surface area contributed by atoms with Gasteiger partial charge in [0.05, 0.1) is 0 Å². The molecule has 7 rings (SSSR count). The van der Waals surface area contributed by atoms with Crippen LogP contribution in [0.15, 0.2) is 54.6 Å². The van der Waals surface area contributed by atoms with Crippen LogP contribution < -0.4 is 0 Å². The fourth-order valence-corrected chi connectivity index (χ4v) is 5.86. The fourth-order valence-electron chi connectivity index (χ4n) is 5.86. The molecule has 0 fully saturated rings. The summed E-state index contributed by atoms with van der Waals surface area (Å²) in [5.41, 5.74) is 13.2. The molecule has 0 N–H and O–H groups in total. The van der Waals surface area contributed by atoms with Crippen molar-refractivity contribution in [1.82, 2.24) is 0 Å². The molecule has 30 heavy (non-hydrogen) atoms. The predicted molar refractivity (Wildman–Crippen MR) is 111 cm³/mol. The summed E-state index contributed by atoms with van der Waals surface area (Å²) in [5, 5.41) is 0. The monoisotopic (exact) mass is 396 g/mol. The Morgan fingerprint density at radius 3 is 1.03 bits per heavy atom. The van der Waals surface area contributed by atoms with Gasteiger partial charge in [-0.05, 0) is 122 Å². The molecule has 0 amide bonds. The van der Waals surface area contributed by atoms with E-state index in [1.54, 1.807) is 18.2 Å². The van der Waals surface area contributed by atoms with E-state index in [1.807, 2.05) is 18.2 Å². The number of hydrogen-bond acceptors (Lipinski definition) is 0. The normalized spacial score (nSPS) is 14.1. The minimum Gasteiger partial charge on any atom is -0.207 e. The SMILES string of the molecule is Fc1ccc2c(c1)Cc1c-2c2c(c3c1-c1ccc(F)cc1C3)-c1ccc(F)cc1C2. The van der Waals surface area contributed by atoms with Crippen molar-refractivity contribution in [2.24, 2.45) is 0 Å². The molecule has 0 spiro atoms. The summed E-state index contributed by atoms with van der Waals surface area (Å²) >= 11 is 0. The number of benzene rings is 4. The number of halogens is 3. The molecule has 0 nitrogen and oxygen atoms in total. The Kier molecular flexibility index (Phi) is 2.98. The molecule has 0 radical (unpaired) electrons. The molecule has 0 unspecified atom stereocenters. The van der Waals surface area contributed by atoms with Crippen molar-refractivity contribution in [3.05, 3.63) is 105 Å². The third kappa shape index (κ3) is 1.97. The first-order chi connectivity index (χ1) is 14.6. The summed E-state index contributed by atoms with van der Waals surface area (Å²) < 4.78 is 42.0. The first kappa shape index (κ1) is 16.5. The van der Waals surface area contributed by atoms with Crippen LogP contribution in [0.1, 0.15) is 33.4 Å². The Morgan fingerprint density at radius 1 is 0.433 bits per heavy atom. The zero-order chi connectivity index (χ0) is 20.1. The summed E-state index contributed by atoms with van der Waals surface area (Å²) in [4.78, 5) is 0. The Hall–Kier alpha value is -3.33. The Labute approximate surface area is 171 Å². The molecule has 144 valence electrons. The van der Waals surface area contributed by atoms with Gasteiger partial charge < -0.3 is 0 Å². The second-order valence-corrected chi connectivity index (χ2v) is 8.50. The highest BCUT2D eigenvalue weighted by molar-refractivity contribution is 6.00. The Morgan fingerprint density at radius 2 is 0.733 bits per heavy atom. The lowest BCUT2D eigenvalue weighted by molar-refractivity contribution is 0.626. The molecule has 4 aromatic carbocycles. The van der Waals surface area contributed by atoms with Gasteiger partial charge in [0.1, 0.15) is 17.5 Å². The molecule has 3 aliphatic rings. The lowest BCUT2D eigenvalue weighted by atomic mass is 9.86. The maximum Gasteiger partial charge on any atom is 0.123 e. The van der Waals surface area contributed by atoms with Gasteiger partial charge in [-0.1, -0.05) is 18.2 Å². The van der Waals surface area contributed by atoms with Gasteiger partial charge in [0, 0.05) is 0 Å². The Bertz CT molecular complexity index is 1250. The molecule has 0 saturated heterocycles. The van der Waals surface area contributed by atoms with Gasteiger partial charge in [-0.15, -0.1) is 0 Å². The molecule has 0 bridgehead atoms. The highest BCUT2D eigenvalue weighted by atomic mass is 19.1. The maximum atomic E-state index is 14.0. The average Bonchev–Trinajstić information content (AvgIpc) is 3.36. The van der Waals surface area contributed by atoms with E-state index in [2.05, 4.69) is 0 Å². The van der Waals surface area contributed by atoms with Crippen molar-refractivity contribution in [2.45, 2.75) is 19.3 Å². The van der Waals surface area contributed by atoms with Crippen LogP contribution in [0, 0.1) is 17.5 Å². The van der Waals surface area contributed by atoms with Gasteiger partial charge in [0.15, 0.2) is 0 Å². The van der Waals surface area contributed by atoms with Crippen LogP contribution in [-0.4, -0.2) is 0 Å². The number of fused-ring (bicyclic) bond motifs is 12. The quantitative estimate of drug-likeness (QED) is 0.264. The van der Waals surface area contributed by atoms with Crippen LogP contribution in [0.5, 0.6) is 0 Å². The zero-order valence-corrected chi connectivity index (χ0v) is 16.0. The summed E-state index contributed by atoms with van der Waals surface area (Å²) in [5.74, 6) is -0.701. The topological polar surface area (TPSA) is 0 Å². The molecule has 0 saturated carbocycles. The van der Waals surface area contributed by atoms with Crippen molar-refractivity contribution >= 4 is 0 Å². The summed E-state index contributed by atoms with van der Waals surface area (Å²) in [7, 11) is 0. The first-order valence-corrected chi connectivity index (χ1v) is 10.2. The lowest BCUT2D eigenvalue weighted by Crippen LogP contribution is -1.96. The van der Waals surface area contributed by atoms with E-state index in [0.717, 1.165) is 50.1 Å². The van der Waals surface area contributed by atoms with Gasteiger partial charge in [0.25, 0.3) is 0 Å². The minimum atomic E-state index is -0.234. The summed E-state index contributed by atoms with van der Waals surface area (Å²) in [6.45, 7) is 0. The summed E-state index contributed by atoms with van der Waals surface area (Å²) in [6, 6.07) is 15.0. The maximum absolute atomic E-state index is 14.0. The van der Waals surface area contributed by atoms with E-state index in [9.17, 15) is 13.2 Å². The van der Waals surface area contributed by atoms with E-state index < -0.39 is 0 Å². The molecular formula is C27H15F3. The average molecular weight is 396 g/mol. The highest BCUT2D eigenvalue weighted by Gasteiger charge is 2.37. The number of rotatable bonds is 0. The van der Waals surface area contributed by atoms with Crippen molar-refractivity contribution in [1.29, 1.82) is 0 Å². The smallest absolute Gasteiger partial charge is 0.123 e. The van der Waals surface area contributed by atoms with Gasteiger partial charge in [0.2, 0.25) is 0 Å². The van der Waals surface area contributed by atoms with E-state index in [1.165, 1.54) is 34.9 Å². The fraction of sp³-hybridized carbons (Fsp3) is 0.111. The second kappa shape index (κ2) is 5.42. The standard InChI is InChI=1S/C27H15F3/c28-16-1-4-19-13(7-16)10-22-25(19)23-11-14-8-17(29)2-5-20(14)27(23)24-12-15-9-18(30)3-6-21(15)26(22)24/h1-9H,10-12H2. The molecule has 0 aliphatic heterocycles. The van der Waals surface area contributed by atoms with Gasteiger partial charge >= 0.3 is 0 Å². The van der Waals surface area contributed by atoms with Crippen LogP contribution in [0.25, 0.3) is 33.4 Å². The molecule has 0 heterocycles. The molecular weight excluding hydrogens is 381 g/mol. The zero-order valence-electron chi connectivity index (χ0n) is 16.0. The van der Waals surface area contributed by atoms with Crippen LogP contribution in [0.3, 0.4) is 0 Å². The van der Waals surface area contributed by atoms with Crippen molar-refractivity contribution < 1.29 is 13.2 Å². The molecule has 4 aromatic rings. The third-order valence-corrected chi connectivity index (χ3v) is 6.92. The molecule has 0 atom stereocenters. The number of hydrogen-bond donors (Lipinski definition) is 0. The third-order valence-electron chi connectivity index (χ3n) is 6.92. The van der Waals surface area contributed by atoms with Gasteiger partial charge in [-0.2, -0.15) is 0 Å².